The molecule has 0 spiro atoms. The van der Waals surface area contributed by atoms with Crippen LogP contribution in [0.2, 0.25) is 5.28 Å². The van der Waals surface area contributed by atoms with Crippen LogP contribution in [0.5, 0.6) is 11.5 Å². The normalized spacial score (nSPS) is 10.4. The van der Waals surface area contributed by atoms with Gasteiger partial charge in [0.1, 0.15) is 6.33 Å². The molecule has 18 heavy (non-hydrogen) atoms. The summed E-state index contributed by atoms with van der Waals surface area (Å²) in [5.74, 6) is 1.45. The highest BCUT2D eigenvalue weighted by molar-refractivity contribution is 6.28. The molecule has 0 aliphatic rings. The fraction of sp³-hybridized carbons (Fsp3) is 0.333. The van der Waals surface area contributed by atoms with Crippen molar-refractivity contribution >= 4 is 11.6 Å². The summed E-state index contributed by atoms with van der Waals surface area (Å²) < 4.78 is 12.2. The Balaban J connectivity index is 2.08. The second kappa shape index (κ2) is 5.73. The van der Waals surface area contributed by atoms with Crippen LogP contribution in [0.4, 0.5) is 0 Å². The van der Waals surface area contributed by atoms with E-state index < -0.39 is 0 Å². The highest BCUT2D eigenvalue weighted by Crippen LogP contribution is 2.27. The van der Waals surface area contributed by atoms with Crippen LogP contribution in [-0.2, 0) is 13.0 Å². The maximum atomic E-state index is 5.86. The van der Waals surface area contributed by atoms with E-state index in [1.807, 2.05) is 18.2 Å². The minimum absolute atomic E-state index is 0.399. The molecule has 5 nitrogen and oxygen atoms in total. The molecule has 2 rings (SSSR count). The number of aromatic nitrogens is 3. The van der Waals surface area contributed by atoms with Crippen LogP contribution in [0.1, 0.15) is 5.56 Å². The Morgan fingerprint density at radius 1 is 1.22 bits per heavy atom. The zero-order valence-electron chi connectivity index (χ0n) is 10.3. The molecule has 0 saturated heterocycles. The van der Waals surface area contributed by atoms with E-state index in [-0.39, 0.29) is 0 Å². The van der Waals surface area contributed by atoms with E-state index in [9.17, 15) is 0 Å². The lowest BCUT2D eigenvalue weighted by Crippen LogP contribution is -2.01. The smallest absolute Gasteiger partial charge is 0.224 e. The van der Waals surface area contributed by atoms with Crippen LogP contribution in [-0.4, -0.2) is 29.0 Å². The predicted molar refractivity (Wildman–Crippen MR) is 68.3 cm³/mol. The molecule has 0 amide bonds. The number of ether oxygens (including phenoxy) is 2. The zero-order chi connectivity index (χ0) is 13.0. The van der Waals surface area contributed by atoms with Crippen molar-refractivity contribution in [2.45, 2.75) is 13.0 Å². The summed E-state index contributed by atoms with van der Waals surface area (Å²) >= 11 is 5.86. The highest BCUT2D eigenvalue weighted by Gasteiger charge is 2.05. The Morgan fingerprint density at radius 2 is 2.00 bits per heavy atom. The number of rotatable bonds is 5. The summed E-state index contributed by atoms with van der Waals surface area (Å²) in [6.07, 6.45) is 2.43. The molecule has 0 atom stereocenters. The second-order valence-electron chi connectivity index (χ2n) is 3.73. The van der Waals surface area contributed by atoms with Gasteiger partial charge in [-0.1, -0.05) is 6.07 Å². The molecule has 0 saturated carbocycles. The van der Waals surface area contributed by atoms with Gasteiger partial charge in [0.05, 0.1) is 14.2 Å². The van der Waals surface area contributed by atoms with Crippen molar-refractivity contribution in [2.24, 2.45) is 0 Å². The number of hydrogen-bond donors (Lipinski definition) is 0. The van der Waals surface area contributed by atoms with Gasteiger partial charge in [-0.25, -0.2) is 0 Å². The number of nitrogens with zero attached hydrogens (tertiary/aromatic N) is 3. The van der Waals surface area contributed by atoms with E-state index in [0.717, 1.165) is 30.0 Å². The monoisotopic (exact) mass is 267 g/mol. The van der Waals surface area contributed by atoms with Crippen molar-refractivity contribution < 1.29 is 9.47 Å². The summed E-state index contributed by atoms with van der Waals surface area (Å²) in [6.45, 7) is 0.724. The first kappa shape index (κ1) is 12.7. The highest BCUT2D eigenvalue weighted by atomic mass is 35.5. The van der Waals surface area contributed by atoms with Gasteiger partial charge < -0.3 is 14.0 Å². The molecule has 0 unspecified atom stereocenters. The van der Waals surface area contributed by atoms with Gasteiger partial charge in [0.2, 0.25) is 5.28 Å². The second-order valence-corrected chi connectivity index (χ2v) is 4.07. The summed E-state index contributed by atoms with van der Waals surface area (Å²) in [6, 6.07) is 5.85. The van der Waals surface area contributed by atoms with Gasteiger partial charge in [-0.2, -0.15) is 0 Å². The summed E-state index contributed by atoms with van der Waals surface area (Å²) in [5.41, 5.74) is 1.14. The van der Waals surface area contributed by atoms with Gasteiger partial charge in [0.25, 0.3) is 0 Å². The van der Waals surface area contributed by atoms with Crippen LogP contribution in [0, 0.1) is 0 Å². The van der Waals surface area contributed by atoms with E-state index in [2.05, 4.69) is 10.2 Å². The molecule has 1 aromatic carbocycles. The molecule has 1 aromatic heterocycles. The molecule has 1 heterocycles. The Kier molecular flexibility index (Phi) is 4.04. The molecule has 0 aliphatic carbocycles. The average molecular weight is 268 g/mol. The molecule has 96 valence electrons. The standard InChI is InChI=1S/C12H14ClN3O2/c1-17-10-4-3-9(7-11(10)18-2)5-6-16-8-14-15-12(16)13/h3-4,7-8H,5-6H2,1-2H3. The average Bonchev–Trinajstić information content (AvgIpc) is 2.81. The van der Waals surface area contributed by atoms with E-state index in [4.69, 9.17) is 21.1 Å². The third kappa shape index (κ3) is 2.73. The quantitative estimate of drug-likeness (QED) is 0.833. The molecule has 6 heteroatoms. The fourth-order valence-corrected chi connectivity index (χ4v) is 1.85. The molecule has 0 bridgehead atoms. The lowest BCUT2D eigenvalue weighted by Gasteiger charge is -2.09. The number of methoxy groups -OCH3 is 2. The Bertz CT molecular complexity index is 528. The first-order chi connectivity index (χ1) is 8.74. The van der Waals surface area contributed by atoms with Crippen molar-refractivity contribution in [3.05, 3.63) is 35.4 Å². The molecule has 0 aliphatic heterocycles. The van der Waals surface area contributed by atoms with E-state index in [1.54, 1.807) is 25.1 Å². The minimum atomic E-state index is 0.399. The minimum Gasteiger partial charge on any atom is -0.493 e. The van der Waals surface area contributed by atoms with Gasteiger partial charge in [0.15, 0.2) is 11.5 Å². The van der Waals surface area contributed by atoms with Gasteiger partial charge in [-0.3, -0.25) is 0 Å². The van der Waals surface area contributed by atoms with Crippen LogP contribution >= 0.6 is 11.6 Å². The Hall–Kier alpha value is -1.75. The number of halogens is 1. The van der Waals surface area contributed by atoms with Crippen LogP contribution in [0.3, 0.4) is 0 Å². The SMILES string of the molecule is COc1ccc(CCn2cnnc2Cl)cc1OC. The summed E-state index contributed by atoms with van der Waals surface area (Å²) in [5, 5.41) is 7.85. The third-order valence-electron chi connectivity index (χ3n) is 2.66. The maximum Gasteiger partial charge on any atom is 0.224 e. The van der Waals surface area contributed by atoms with E-state index >= 15 is 0 Å². The van der Waals surface area contributed by atoms with Crippen molar-refractivity contribution in [1.29, 1.82) is 0 Å². The van der Waals surface area contributed by atoms with E-state index in [0.29, 0.717) is 5.28 Å². The van der Waals surface area contributed by atoms with Gasteiger partial charge >= 0.3 is 0 Å². The molecular formula is C12H14ClN3O2. The molecule has 2 aromatic rings. The summed E-state index contributed by atoms with van der Waals surface area (Å²) in [7, 11) is 3.24. The molecule has 0 radical (unpaired) electrons. The molecule has 0 fully saturated rings. The Morgan fingerprint density at radius 3 is 2.61 bits per heavy atom. The lowest BCUT2D eigenvalue weighted by molar-refractivity contribution is 0.354. The zero-order valence-corrected chi connectivity index (χ0v) is 11.0. The van der Waals surface area contributed by atoms with Crippen LogP contribution < -0.4 is 9.47 Å². The molecule has 0 N–H and O–H groups in total. The van der Waals surface area contributed by atoms with Crippen LogP contribution in [0.25, 0.3) is 0 Å². The van der Waals surface area contributed by atoms with E-state index in [1.165, 1.54) is 0 Å². The van der Waals surface area contributed by atoms with Gasteiger partial charge in [-0.05, 0) is 35.7 Å². The first-order valence-corrected chi connectivity index (χ1v) is 5.86. The first-order valence-electron chi connectivity index (χ1n) is 5.49. The van der Waals surface area contributed by atoms with Gasteiger partial charge in [0, 0.05) is 6.54 Å². The van der Waals surface area contributed by atoms with Gasteiger partial charge in [-0.15, -0.1) is 10.2 Å². The topological polar surface area (TPSA) is 49.2 Å². The van der Waals surface area contributed by atoms with Crippen molar-refractivity contribution in [1.82, 2.24) is 14.8 Å². The Labute approximate surface area is 110 Å². The number of aryl methyl sites for hydroxylation is 2. The predicted octanol–water partition coefficient (Wildman–Crippen LogP) is 2.19. The lowest BCUT2D eigenvalue weighted by atomic mass is 10.1. The maximum absolute atomic E-state index is 5.86. The van der Waals surface area contributed by atoms with Crippen molar-refractivity contribution in [3.63, 3.8) is 0 Å². The van der Waals surface area contributed by atoms with Crippen LogP contribution in [0.15, 0.2) is 24.5 Å². The summed E-state index contributed by atoms with van der Waals surface area (Å²) in [4.78, 5) is 0. The number of benzene rings is 1. The van der Waals surface area contributed by atoms with Crippen molar-refractivity contribution in [3.8, 4) is 11.5 Å². The third-order valence-corrected chi connectivity index (χ3v) is 2.95. The molecular weight excluding hydrogens is 254 g/mol. The number of hydrogen-bond acceptors (Lipinski definition) is 4. The fourth-order valence-electron chi connectivity index (χ4n) is 1.68. The van der Waals surface area contributed by atoms with Crippen molar-refractivity contribution in [2.75, 3.05) is 14.2 Å². The largest absolute Gasteiger partial charge is 0.493 e.